The number of rotatable bonds is 7. The zero-order valence-corrected chi connectivity index (χ0v) is 16.7. The van der Waals surface area contributed by atoms with Crippen LogP contribution in [0.25, 0.3) is 0 Å². The minimum Gasteiger partial charge on any atom is -0.469 e. The number of nitrogens with zero attached hydrogens (tertiary/aromatic N) is 1. The molecule has 3 aromatic rings. The van der Waals surface area contributed by atoms with Gasteiger partial charge < -0.3 is 14.6 Å². The first-order valence-electron chi connectivity index (χ1n) is 10.4. The second-order valence-corrected chi connectivity index (χ2v) is 7.74. The number of carbonyl (C=O) groups excluding carboxylic acids is 1. The summed E-state index contributed by atoms with van der Waals surface area (Å²) in [6, 6.07) is 24.8. The Balaban J connectivity index is 1.48. The molecule has 1 aromatic heterocycles. The molecule has 2 aromatic carbocycles. The number of amides is 1. The topological polar surface area (TPSA) is 45.5 Å². The first kappa shape index (κ1) is 19.5. The molecule has 0 spiro atoms. The Labute approximate surface area is 172 Å². The van der Waals surface area contributed by atoms with Crippen LogP contribution in [0.5, 0.6) is 0 Å². The molecule has 0 bridgehead atoms. The maximum absolute atomic E-state index is 13.4. The van der Waals surface area contributed by atoms with E-state index in [-0.39, 0.29) is 17.9 Å². The summed E-state index contributed by atoms with van der Waals surface area (Å²) in [5.74, 6) is 1.15. The average molecular weight is 389 g/mol. The van der Waals surface area contributed by atoms with Crippen molar-refractivity contribution < 1.29 is 9.21 Å². The van der Waals surface area contributed by atoms with Gasteiger partial charge in [0.1, 0.15) is 5.76 Å². The smallest absolute Gasteiger partial charge is 0.223 e. The molecule has 1 aliphatic heterocycles. The zero-order chi connectivity index (χ0) is 19.9. The normalized spacial score (nSPS) is 17.8. The largest absolute Gasteiger partial charge is 0.469 e. The summed E-state index contributed by atoms with van der Waals surface area (Å²) in [7, 11) is 0. The SMILES string of the molecule is O=C(CC(Cc1ccccc1)c1ccco1)N1CCNCC1Cc1ccccc1. The fourth-order valence-corrected chi connectivity index (χ4v) is 4.18. The van der Waals surface area contributed by atoms with Crippen molar-refractivity contribution in [1.82, 2.24) is 10.2 Å². The number of carbonyl (C=O) groups is 1. The van der Waals surface area contributed by atoms with Gasteiger partial charge in [0.2, 0.25) is 5.91 Å². The summed E-state index contributed by atoms with van der Waals surface area (Å²) < 4.78 is 5.70. The number of hydrogen-bond donors (Lipinski definition) is 1. The number of piperazine rings is 1. The minimum absolute atomic E-state index is 0.0483. The number of benzene rings is 2. The Morgan fingerprint density at radius 3 is 2.41 bits per heavy atom. The molecule has 1 fully saturated rings. The van der Waals surface area contributed by atoms with Crippen molar-refractivity contribution in [2.75, 3.05) is 19.6 Å². The third kappa shape index (κ3) is 5.15. The van der Waals surface area contributed by atoms with E-state index in [1.807, 2.05) is 36.4 Å². The molecule has 0 aliphatic carbocycles. The van der Waals surface area contributed by atoms with Crippen LogP contribution in [0.2, 0.25) is 0 Å². The molecule has 150 valence electrons. The van der Waals surface area contributed by atoms with E-state index in [0.29, 0.717) is 6.42 Å². The summed E-state index contributed by atoms with van der Waals surface area (Å²) in [4.78, 5) is 15.4. The van der Waals surface area contributed by atoms with E-state index in [1.54, 1.807) is 6.26 Å². The van der Waals surface area contributed by atoms with E-state index in [0.717, 1.165) is 38.2 Å². The molecule has 29 heavy (non-hydrogen) atoms. The van der Waals surface area contributed by atoms with Gasteiger partial charge in [0.25, 0.3) is 0 Å². The lowest BCUT2D eigenvalue weighted by molar-refractivity contribution is -0.134. The maximum atomic E-state index is 13.4. The van der Waals surface area contributed by atoms with Crippen LogP contribution in [0.4, 0.5) is 0 Å². The summed E-state index contributed by atoms with van der Waals surface area (Å²) in [6.45, 7) is 2.44. The van der Waals surface area contributed by atoms with E-state index in [1.165, 1.54) is 11.1 Å². The summed E-state index contributed by atoms with van der Waals surface area (Å²) >= 11 is 0. The third-order valence-electron chi connectivity index (χ3n) is 5.68. The second kappa shape index (κ2) is 9.57. The molecule has 1 N–H and O–H groups in total. The molecule has 1 aliphatic rings. The van der Waals surface area contributed by atoms with Crippen LogP contribution in [0.3, 0.4) is 0 Å². The highest BCUT2D eigenvalue weighted by Gasteiger charge is 2.29. The number of furan rings is 1. The van der Waals surface area contributed by atoms with Gasteiger partial charge in [-0.05, 0) is 36.1 Å². The van der Waals surface area contributed by atoms with Crippen LogP contribution in [-0.4, -0.2) is 36.5 Å². The van der Waals surface area contributed by atoms with E-state index in [2.05, 4.69) is 46.6 Å². The van der Waals surface area contributed by atoms with E-state index >= 15 is 0 Å². The van der Waals surface area contributed by atoms with E-state index in [4.69, 9.17) is 4.42 Å². The molecule has 0 saturated carbocycles. The Hall–Kier alpha value is -2.85. The molecule has 1 saturated heterocycles. The van der Waals surface area contributed by atoms with Gasteiger partial charge >= 0.3 is 0 Å². The van der Waals surface area contributed by atoms with Crippen molar-refractivity contribution in [3.63, 3.8) is 0 Å². The van der Waals surface area contributed by atoms with Gasteiger partial charge in [-0.15, -0.1) is 0 Å². The van der Waals surface area contributed by atoms with Gasteiger partial charge in [-0.3, -0.25) is 4.79 Å². The van der Waals surface area contributed by atoms with E-state index in [9.17, 15) is 4.79 Å². The summed E-state index contributed by atoms with van der Waals surface area (Å²) in [5, 5.41) is 3.45. The van der Waals surface area contributed by atoms with Gasteiger partial charge in [-0.2, -0.15) is 0 Å². The second-order valence-electron chi connectivity index (χ2n) is 7.74. The minimum atomic E-state index is 0.0483. The first-order valence-corrected chi connectivity index (χ1v) is 10.4. The predicted octanol–water partition coefficient (Wildman–Crippen LogP) is 4.04. The molecule has 2 heterocycles. The molecule has 2 unspecified atom stereocenters. The standard InChI is InChI=1S/C25H28N2O2/c28-25(27-14-13-26-19-23(27)17-21-10-5-2-6-11-21)18-22(24-12-7-15-29-24)16-20-8-3-1-4-9-20/h1-12,15,22-23,26H,13-14,16-19H2. The molecule has 0 radical (unpaired) electrons. The van der Waals surface area contributed by atoms with Crippen molar-refractivity contribution in [3.8, 4) is 0 Å². The van der Waals surface area contributed by atoms with Crippen molar-refractivity contribution >= 4 is 5.91 Å². The van der Waals surface area contributed by atoms with Gasteiger partial charge in [0.15, 0.2) is 0 Å². The van der Waals surface area contributed by atoms with Gasteiger partial charge in [-0.25, -0.2) is 0 Å². The fraction of sp³-hybridized carbons (Fsp3) is 0.320. The summed E-state index contributed by atoms with van der Waals surface area (Å²) in [6.07, 6.45) is 3.84. The van der Waals surface area contributed by atoms with Crippen LogP contribution in [0.1, 0.15) is 29.2 Å². The van der Waals surface area contributed by atoms with Crippen LogP contribution in [-0.2, 0) is 17.6 Å². The molecule has 4 heteroatoms. The number of hydrogen-bond acceptors (Lipinski definition) is 3. The molecule has 1 amide bonds. The molecular formula is C25H28N2O2. The van der Waals surface area contributed by atoms with Crippen LogP contribution < -0.4 is 5.32 Å². The first-order chi connectivity index (χ1) is 14.3. The highest BCUT2D eigenvalue weighted by Crippen LogP contribution is 2.27. The maximum Gasteiger partial charge on any atom is 0.223 e. The Bertz CT molecular complexity index is 878. The average Bonchev–Trinajstić information content (AvgIpc) is 3.30. The van der Waals surface area contributed by atoms with Gasteiger partial charge in [0.05, 0.1) is 6.26 Å². The highest BCUT2D eigenvalue weighted by atomic mass is 16.3. The molecule has 2 atom stereocenters. The third-order valence-corrected chi connectivity index (χ3v) is 5.68. The fourth-order valence-electron chi connectivity index (χ4n) is 4.18. The quantitative estimate of drug-likeness (QED) is 0.664. The molecular weight excluding hydrogens is 360 g/mol. The Kier molecular flexibility index (Phi) is 6.42. The van der Waals surface area contributed by atoms with Crippen LogP contribution in [0, 0.1) is 0 Å². The molecule has 4 nitrogen and oxygen atoms in total. The van der Waals surface area contributed by atoms with Crippen molar-refractivity contribution in [3.05, 3.63) is 95.9 Å². The monoisotopic (exact) mass is 388 g/mol. The lowest BCUT2D eigenvalue weighted by Gasteiger charge is -2.37. The lowest BCUT2D eigenvalue weighted by atomic mass is 9.92. The Morgan fingerprint density at radius 2 is 1.72 bits per heavy atom. The highest BCUT2D eigenvalue weighted by molar-refractivity contribution is 5.77. The van der Waals surface area contributed by atoms with Crippen molar-refractivity contribution in [2.24, 2.45) is 0 Å². The zero-order valence-electron chi connectivity index (χ0n) is 16.7. The lowest BCUT2D eigenvalue weighted by Crippen LogP contribution is -2.54. The molecule has 4 rings (SSSR count). The van der Waals surface area contributed by atoms with Gasteiger partial charge in [-0.1, -0.05) is 60.7 Å². The van der Waals surface area contributed by atoms with Crippen molar-refractivity contribution in [2.45, 2.75) is 31.2 Å². The summed E-state index contributed by atoms with van der Waals surface area (Å²) in [5.41, 5.74) is 2.49. The van der Waals surface area contributed by atoms with Crippen molar-refractivity contribution in [1.29, 1.82) is 0 Å². The number of nitrogens with one attached hydrogen (secondary N) is 1. The predicted molar refractivity (Wildman–Crippen MR) is 115 cm³/mol. The van der Waals surface area contributed by atoms with Crippen LogP contribution in [0.15, 0.2) is 83.5 Å². The Morgan fingerprint density at radius 1 is 1.00 bits per heavy atom. The van der Waals surface area contributed by atoms with E-state index < -0.39 is 0 Å². The van der Waals surface area contributed by atoms with Gasteiger partial charge in [0, 0.05) is 38.0 Å². The van der Waals surface area contributed by atoms with Crippen LogP contribution >= 0.6 is 0 Å².